The number of carbonyl (C=O) groups excluding carboxylic acids is 1. The minimum atomic E-state index is -0.144. The second-order valence-corrected chi connectivity index (χ2v) is 7.17. The number of nitrogens with zero attached hydrogens (tertiary/aromatic N) is 5. The van der Waals surface area contributed by atoms with Crippen LogP contribution in [0.5, 0.6) is 11.6 Å². The van der Waals surface area contributed by atoms with Gasteiger partial charge in [-0.15, -0.1) is 10.2 Å². The Morgan fingerprint density at radius 3 is 2.39 bits per heavy atom. The van der Waals surface area contributed by atoms with Gasteiger partial charge in [-0.3, -0.25) is 9.36 Å². The molecular formula is C22H22N6O3. The van der Waals surface area contributed by atoms with Gasteiger partial charge in [0.2, 0.25) is 11.8 Å². The van der Waals surface area contributed by atoms with E-state index in [9.17, 15) is 4.79 Å². The lowest BCUT2D eigenvalue weighted by atomic mass is 10.1. The number of ether oxygens (including phenoxy) is 1. The van der Waals surface area contributed by atoms with E-state index in [0.717, 1.165) is 22.6 Å². The third kappa shape index (κ3) is 4.45. The minimum absolute atomic E-state index is 0.144. The molecule has 3 aromatic heterocycles. The third-order valence-corrected chi connectivity index (χ3v) is 5.00. The lowest BCUT2D eigenvalue weighted by Gasteiger charge is -2.08. The van der Waals surface area contributed by atoms with E-state index in [1.165, 1.54) is 0 Å². The zero-order valence-electron chi connectivity index (χ0n) is 17.7. The van der Waals surface area contributed by atoms with Crippen molar-refractivity contribution in [2.45, 2.75) is 34.1 Å². The maximum atomic E-state index is 12.3. The Bertz CT molecular complexity index is 1190. The Labute approximate surface area is 179 Å². The predicted molar refractivity (Wildman–Crippen MR) is 113 cm³/mol. The molecule has 0 atom stereocenters. The van der Waals surface area contributed by atoms with Crippen molar-refractivity contribution in [2.75, 3.05) is 5.32 Å². The van der Waals surface area contributed by atoms with Crippen LogP contribution in [0.4, 0.5) is 5.69 Å². The van der Waals surface area contributed by atoms with Crippen molar-refractivity contribution in [1.29, 1.82) is 0 Å². The monoisotopic (exact) mass is 418 g/mol. The summed E-state index contributed by atoms with van der Waals surface area (Å²) in [7, 11) is 0. The highest BCUT2D eigenvalue weighted by Crippen LogP contribution is 2.22. The molecule has 4 aromatic rings. The molecule has 0 spiro atoms. The highest BCUT2D eigenvalue weighted by molar-refractivity contribution is 5.92. The summed E-state index contributed by atoms with van der Waals surface area (Å²) < 4.78 is 12.7. The summed E-state index contributed by atoms with van der Waals surface area (Å²) in [5.74, 6) is 2.13. The minimum Gasteiger partial charge on any atom is -0.438 e. The fourth-order valence-electron chi connectivity index (χ4n) is 3.07. The van der Waals surface area contributed by atoms with Crippen molar-refractivity contribution in [3.8, 4) is 17.4 Å². The average molecular weight is 418 g/mol. The van der Waals surface area contributed by atoms with Gasteiger partial charge >= 0.3 is 0 Å². The highest BCUT2D eigenvalue weighted by Gasteiger charge is 2.13. The number of anilines is 1. The molecule has 0 saturated carbocycles. The topological polar surface area (TPSA) is 108 Å². The molecule has 0 unspecified atom stereocenters. The number of imidazole rings is 1. The first kappa shape index (κ1) is 20.3. The maximum Gasteiger partial charge on any atom is 0.238 e. The van der Waals surface area contributed by atoms with Crippen molar-refractivity contribution in [3.63, 3.8) is 0 Å². The zero-order chi connectivity index (χ0) is 22.0. The lowest BCUT2D eigenvalue weighted by Crippen LogP contribution is -2.15. The summed E-state index contributed by atoms with van der Waals surface area (Å²) in [6.07, 6.45) is 1.92. The molecule has 1 aromatic carbocycles. The van der Waals surface area contributed by atoms with E-state index in [-0.39, 0.29) is 12.3 Å². The van der Waals surface area contributed by atoms with Gasteiger partial charge in [-0.2, -0.15) is 0 Å². The number of hydrogen-bond donors (Lipinski definition) is 1. The van der Waals surface area contributed by atoms with Crippen molar-refractivity contribution in [2.24, 2.45) is 0 Å². The fourth-order valence-corrected chi connectivity index (χ4v) is 3.07. The largest absolute Gasteiger partial charge is 0.438 e. The van der Waals surface area contributed by atoms with Crippen LogP contribution in [0.25, 0.3) is 5.82 Å². The van der Waals surface area contributed by atoms with Gasteiger partial charge in [0.1, 0.15) is 17.8 Å². The summed E-state index contributed by atoms with van der Waals surface area (Å²) in [4.78, 5) is 16.6. The molecule has 4 rings (SSSR count). The number of rotatable bonds is 6. The van der Waals surface area contributed by atoms with Crippen LogP contribution in [0.3, 0.4) is 0 Å². The summed E-state index contributed by atoms with van der Waals surface area (Å²) in [6, 6.07) is 10.6. The summed E-state index contributed by atoms with van der Waals surface area (Å²) in [6.45, 7) is 7.53. The van der Waals surface area contributed by atoms with Crippen molar-refractivity contribution in [3.05, 3.63) is 71.1 Å². The molecule has 0 bridgehead atoms. The second-order valence-electron chi connectivity index (χ2n) is 7.17. The molecule has 0 aliphatic rings. The molecule has 3 heterocycles. The number of amides is 1. The summed E-state index contributed by atoms with van der Waals surface area (Å²) in [5.41, 5.74) is 4.15. The quantitative estimate of drug-likeness (QED) is 0.506. The van der Waals surface area contributed by atoms with Crippen molar-refractivity contribution >= 4 is 11.6 Å². The van der Waals surface area contributed by atoms with E-state index in [2.05, 4.69) is 25.7 Å². The van der Waals surface area contributed by atoms with E-state index < -0.39 is 0 Å². The molecular weight excluding hydrogens is 396 g/mol. The first-order chi connectivity index (χ1) is 14.9. The molecule has 1 N–H and O–H groups in total. The van der Waals surface area contributed by atoms with Gasteiger partial charge in [0.25, 0.3) is 0 Å². The van der Waals surface area contributed by atoms with Crippen LogP contribution in [0.2, 0.25) is 0 Å². The predicted octanol–water partition coefficient (Wildman–Crippen LogP) is 3.86. The van der Waals surface area contributed by atoms with Crippen LogP contribution in [-0.4, -0.2) is 30.8 Å². The first-order valence-corrected chi connectivity index (χ1v) is 9.75. The smallest absolute Gasteiger partial charge is 0.238 e. The summed E-state index contributed by atoms with van der Waals surface area (Å²) in [5, 5.41) is 15.1. The first-order valence-electron chi connectivity index (χ1n) is 9.75. The molecule has 0 aliphatic carbocycles. The van der Waals surface area contributed by atoms with Crippen molar-refractivity contribution in [1.82, 2.24) is 24.9 Å². The van der Waals surface area contributed by atoms with Crippen molar-refractivity contribution < 1.29 is 14.1 Å². The van der Waals surface area contributed by atoms with Gasteiger partial charge in [0.15, 0.2) is 5.82 Å². The number of aryl methyl sites for hydroxylation is 3. The normalized spacial score (nSPS) is 10.8. The molecule has 0 saturated heterocycles. The average Bonchev–Trinajstić information content (AvgIpc) is 3.26. The van der Waals surface area contributed by atoms with E-state index in [0.29, 0.717) is 28.9 Å². The Balaban J connectivity index is 1.37. The van der Waals surface area contributed by atoms with Gasteiger partial charge in [-0.1, -0.05) is 5.16 Å². The Hall–Kier alpha value is -4.01. The molecule has 0 radical (unpaired) electrons. The Kier molecular flexibility index (Phi) is 5.48. The lowest BCUT2D eigenvalue weighted by molar-refractivity contribution is -0.115. The second kappa shape index (κ2) is 8.39. The molecule has 0 aliphatic heterocycles. The maximum absolute atomic E-state index is 12.3. The molecule has 9 nitrogen and oxygen atoms in total. The number of benzene rings is 1. The standard InChI is InChI=1S/C22H22N6O3/c1-13-15(3)28(12-23-13)20-9-10-22(26-25-20)30-18-7-5-17(6-8-18)24-21(29)11-19-14(2)27-31-16(19)4/h5-10,12H,11H2,1-4H3,(H,24,29). The number of nitrogens with one attached hydrogen (secondary N) is 1. The van der Waals surface area contributed by atoms with Crippen LogP contribution in [0.1, 0.15) is 28.4 Å². The SMILES string of the molecule is Cc1noc(C)c1CC(=O)Nc1ccc(Oc2ccc(-n3cnc(C)c3C)nn2)cc1. The van der Waals surface area contributed by atoms with E-state index in [4.69, 9.17) is 9.26 Å². The number of aromatic nitrogens is 5. The van der Waals surface area contributed by atoms with Gasteiger partial charge in [0, 0.05) is 23.0 Å². The highest BCUT2D eigenvalue weighted by atomic mass is 16.5. The fraction of sp³-hybridized carbons (Fsp3) is 0.227. The molecule has 0 fully saturated rings. The molecule has 1 amide bonds. The Morgan fingerprint density at radius 1 is 1.03 bits per heavy atom. The molecule has 31 heavy (non-hydrogen) atoms. The number of hydrogen-bond acceptors (Lipinski definition) is 7. The van der Waals surface area contributed by atoms with E-state index >= 15 is 0 Å². The van der Waals surface area contributed by atoms with Gasteiger partial charge in [0.05, 0.1) is 17.8 Å². The van der Waals surface area contributed by atoms with Gasteiger partial charge < -0.3 is 14.6 Å². The van der Waals surface area contributed by atoms with Crippen LogP contribution in [0.15, 0.2) is 47.2 Å². The Morgan fingerprint density at radius 2 is 1.81 bits per heavy atom. The summed E-state index contributed by atoms with van der Waals surface area (Å²) >= 11 is 0. The van der Waals surface area contributed by atoms with E-state index in [1.54, 1.807) is 43.6 Å². The van der Waals surface area contributed by atoms with Crippen LogP contribution in [-0.2, 0) is 11.2 Å². The molecule has 9 heteroatoms. The van der Waals surface area contributed by atoms with Gasteiger partial charge in [-0.25, -0.2) is 4.98 Å². The van der Waals surface area contributed by atoms with Crippen LogP contribution in [0, 0.1) is 27.7 Å². The number of carbonyl (C=O) groups is 1. The zero-order valence-corrected chi connectivity index (χ0v) is 17.7. The van der Waals surface area contributed by atoms with Gasteiger partial charge in [-0.05, 0) is 58.0 Å². The molecule has 158 valence electrons. The third-order valence-electron chi connectivity index (χ3n) is 5.00. The van der Waals surface area contributed by atoms with Crippen LogP contribution >= 0.6 is 0 Å². The van der Waals surface area contributed by atoms with Crippen LogP contribution < -0.4 is 10.1 Å². The van der Waals surface area contributed by atoms with E-state index in [1.807, 2.05) is 31.4 Å².